The number of non-ortho nitro benzene ring substituents is 1. The minimum Gasteiger partial charge on any atom is -0.330 e. The minimum absolute atomic E-state index is 0.0870. The van der Waals surface area contributed by atoms with Crippen LogP contribution in [-0.4, -0.2) is 11.5 Å². The molecule has 4 nitrogen and oxygen atoms in total. The summed E-state index contributed by atoms with van der Waals surface area (Å²) in [6.45, 7) is 0.384. The number of nitro groups is 1. The first-order valence-electron chi connectivity index (χ1n) is 5.39. The Morgan fingerprint density at radius 3 is 2.50 bits per heavy atom. The molecule has 18 heavy (non-hydrogen) atoms. The number of halogens is 3. The zero-order valence-corrected chi connectivity index (χ0v) is 9.28. The number of hydrogen-bond donors (Lipinski definition) is 1. The predicted molar refractivity (Wildman–Crippen MR) is 58.0 cm³/mol. The third-order valence-electron chi connectivity index (χ3n) is 3.13. The van der Waals surface area contributed by atoms with Crippen LogP contribution in [0.4, 0.5) is 18.9 Å². The van der Waals surface area contributed by atoms with E-state index in [1.165, 1.54) is 6.07 Å². The summed E-state index contributed by atoms with van der Waals surface area (Å²) in [6.07, 6.45) is -3.89. The van der Waals surface area contributed by atoms with Gasteiger partial charge in [0, 0.05) is 12.1 Å². The number of hydrogen-bond acceptors (Lipinski definition) is 3. The fraction of sp³-hybridized carbons (Fsp3) is 0.455. The molecule has 1 aromatic carbocycles. The van der Waals surface area contributed by atoms with Gasteiger partial charge in [0.05, 0.1) is 10.5 Å². The van der Waals surface area contributed by atoms with Crippen LogP contribution in [0.1, 0.15) is 23.5 Å². The van der Waals surface area contributed by atoms with Gasteiger partial charge in [-0.25, -0.2) is 0 Å². The lowest BCUT2D eigenvalue weighted by Crippen LogP contribution is -2.07. The molecule has 2 N–H and O–H groups in total. The van der Waals surface area contributed by atoms with Crippen molar-refractivity contribution in [2.45, 2.75) is 18.5 Å². The summed E-state index contributed by atoms with van der Waals surface area (Å²) in [7, 11) is 0. The van der Waals surface area contributed by atoms with Crippen molar-refractivity contribution in [2.24, 2.45) is 11.7 Å². The number of nitrogens with two attached hydrogens (primary N) is 1. The molecule has 0 radical (unpaired) electrons. The van der Waals surface area contributed by atoms with Gasteiger partial charge in [-0.2, -0.15) is 13.2 Å². The molecule has 1 aliphatic rings. The summed E-state index contributed by atoms with van der Waals surface area (Å²) in [6, 6.07) is 2.74. The number of alkyl halides is 3. The topological polar surface area (TPSA) is 69.2 Å². The molecule has 0 bridgehead atoms. The highest BCUT2D eigenvalue weighted by atomic mass is 19.4. The third-order valence-corrected chi connectivity index (χ3v) is 3.13. The Balaban J connectivity index is 2.41. The van der Waals surface area contributed by atoms with E-state index >= 15 is 0 Å². The monoisotopic (exact) mass is 260 g/mol. The van der Waals surface area contributed by atoms with E-state index < -0.39 is 22.4 Å². The van der Waals surface area contributed by atoms with Crippen LogP contribution in [0.5, 0.6) is 0 Å². The van der Waals surface area contributed by atoms with Crippen molar-refractivity contribution in [1.29, 1.82) is 0 Å². The fourth-order valence-electron chi connectivity index (χ4n) is 2.03. The number of nitro benzene ring substituents is 1. The van der Waals surface area contributed by atoms with Crippen molar-refractivity contribution in [1.82, 2.24) is 0 Å². The van der Waals surface area contributed by atoms with Crippen LogP contribution in [0.15, 0.2) is 18.2 Å². The van der Waals surface area contributed by atoms with E-state index in [0.29, 0.717) is 24.6 Å². The van der Waals surface area contributed by atoms with E-state index in [-0.39, 0.29) is 11.8 Å². The average Bonchev–Trinajstić information content (AvgIpc) is 3.06. The van der Waals surface area contributed by atoms with Gasteiger partial charge in [0.1, 0.15) is 0 Å². The zero-order chi connectivity index (χ0) is 13.5. The quantitative estimate of drug-likeness (QED) is 0.671. The van der Waals surface area contributed by atoms with Crippen molar-refractivity contribution < 1.29 is 18.1 Å². The Kier molecular flexibility index (Phi) is 3.02. The van der Waals surface area contributed by atoms with Gasteiger partial charge >= 0.3 is 6.18 Å². The van der Waals surface area contributed by atoms with Crippen LogP contribution in [0.3, 0.4) is 0 Å². The average molecular weight is 260 g/mol. The molecule has 0 heterocycles. The lowest BCUT2D eigenvalue weighted by atomic mass is 10.0. The van der Waals surface area contributed by atoms with Gasteiger partial charge < -0.3 is 5.73 Å². The maximum atomic E-state index is 12.6. The Hall–Kier alpha value is -1.63. The minimum atomic E-state index is -4.58. The second-order valence-corrected chi connectivity index (χ2v) is 4.41. The van der Waals surface area contributed by atoms with E-state index in [4.69, 9.17) is 5.73 Å². The van der Waals surface area contributed by atoms with Crippen LogP contribution in [-0.2, 0) is 6.18 Å². The Morgan fingerprint density at radius 2 is 2.06 bits per heavy atom. The molecule has 0 unspecified atom stereocenters. The summed E-state index contributed by atoms with van der Waals surface area (Å²) in [5.41, 5.74) is 4.28. The SMILES string of the molecule is NC[C@@H]1C[C@H]1c1cc([N+](=O)[O-])cc(C(F)(F)F)c1. The molecule has 7 heteroatoms. The van der Waals surface area contributed by atoms with Gasteiger partial charge in [0.15, 0.2) is 0 Å². The molecule has 2 atom stereocenters. The molecule has 0 aliphatic heterocycles. The van der Waals surface area contributed by atoms with E-state index in [1.54, 1.807) is 0 Å². The first kappa shape index (κ1) is 12.8. The van der Waals surface area contributed by atoms with Gasteiger partial charge in [-0.15, -0.1) is 0 Å². The van der Waals surface area contributed by atoms with E-state index in [0.717, 1.165) is 6.07 Å². The molecular formula is C11H11F3N2O2. The summed E-state index contributed by atoms with van der Waals surface area (Å²) in [5.74, 6) is 0.0455. The van der Waals surface area contributed by atoms with Crippen molar-refractivity contribution >= 4 is 5.69 Å². The van der Waals surface area contributed by atoms with Crippen LogP contribution in [0, 0.1) is 16.0 Å². The summed E-state index contributed by atoms with van der Waals surface area (Å²) in [5, 5.41) is 10.6. The molecule has 0 aromatic heterocycles. The largest absolute Gasteiger partial charge is 0.416 e. The maximum Gasteiger partial charge on any atom is 0.416 e. The van der Waals surface area contributed by atoms with Gasteiger partial charge in [0.25, 0.3) is 5.69 Å². The van der Waals surface area contributed by atoms with Gasteiger partial charge in [0.2, 0.25) is 0 Å². The second kappa shape index (κ2) is 4.24. The normalized spacial score (nSPS) is 22.9. The van der Waals surface area contributed by atoms with Crippen LogP contribution in [0.2, 0.25) is 0 Å². The Labute approximate surface area is 101 Å². The molecule has 1 aromatic rings. The molecule has 2 rings (SSSR count). The fourth-order valence-corrected chi connectivity index (χ4v) is 2.03. The standard InChI is InChI=1S/C11H11F3N2O2/c12-11(13,14)8-1-6(10-3-7(10)5-15)2-9(4-8)16(17)18/h1-2,4,7,10H,3,5,15H2/t7-,10-/m0/s1. The van der Waals surface area contributed by atoms with Crippen LogP contribution >= 0.6 is 0 Å². The molecule has 1 saturated carbocycles. The van der Waals surface area contributed by atoms with E-state index in [2.05, 4.69) is 0 Å². The first-order chi connectivity index (χ1) is 8.32. The van der Waals surface area contributed by atoms with Crippen molar-refractivity contribution in [3.8, 4) is 0 Å². The summed E-state index contributed by atoms with van der Waals surface area (Å²) >= 11 is 0. The van der Waals surface area contributed by atoms with Gasteiger partial charge in [-0.1, -0.05) is 0 Å². The lowest BCUT2D eigenvalue weighted by molar-refractivity contribution is -0.385. The molecule has 1 fully saturated rings. The number of benzene rings is 1. The van der Waals surface area contributed by atoms with Gasteiger partial charge in [-0.3, -0.25) is 10.1 Å². The van der Waals surface area contributed by atoms with E-state index in [1.807, 2.05) is 0 Å². The smallest absolute Gasteiger partial charge is 0.330 e. The zero-order valence-electron chi connectivity index (χ0n) is 9.28. The van der Waals surface area contributed by atoms with Gasteiger partial charge in [-0.05, 0) is 36.4 Å². The maximum absolute atomic E-state index is 12.6. The lowest BCUT2D eigenvalue weighted by Gasteiger charge is -2.09. The molecule has 0 spiro atoms. The predicted octanol–water partition coefficient (Wildman–Crippen LogP) is 2.68. The Morgan fingerprint density at radius 1 is 1.39 bits per heavy atom. The summed E-state index contributed by atoms with van der Waals surface area (Å²) in [4.78, 5) is 9.83. The van der Waals surface area contributed by atoms with Crippen molar-refractivity contribution in [3.63, 3.8) is 0 Å². The van der Waals surface area contributed by atoms with Crippen molar-refractivity contribution in [3.05, 3.63) is 39.4 Å². The first-order valence-corrected chi connectivity index (χ1v) is 5.39. The highest BCUT2D eigenvalue weighted by Gasteiger charge is 2.40. The van der Waals surface area contributed by atoms with Crippen molar-refractivity contribution in [2.75, 3.05) is 6.54 Å². The third kappa shape index (κ3) is 2.45. The van der Waals surface area contributed by atoms with E-state index in [9.17, 15) is 23.3 Å². The Bertz CT molecular complexity index is 488. The van der Waals surface area contributed by atoms with Crippen LogP contribution < -0.4 is 5.73 Å². The molecule has 98 valence electrons. The highest BCUT2D eigenvalue weighted by molar-refractivity contribution is 5.43. The number of nitrogens with zero attached hydrogens (tertiary/aromatic N) is 1. The second-order valence-electron chi connectivity index (χ2n) is 4.41. The molecule has 0 saturated heterocycles. The highest BCUT2D eigenvalue weighted by Crippen LogP contribution is 2.48. The number of rotatable bonds is 3. The molecule has 1 aliphatic carbocycles. The molecule has 0 amide bonds. The summed E-state index contributed by atoms with van der Waals surface area (Å²) < 4.78 is 37.9. The van der Waals surface area contributed by atoms with Crippen LogP contribution in [0.25, 0.3) is 0 Å². The molecular weight excluding hydrogens is 249 g/mol.